The van der Waals surface area contributed by atoms with Crippen LogP contribution in [-0.2, 0) is 30.0 Å². The van der Waals surface area contributed by atoms with Crippen LogP contribution in [0.15, 0.2) is 91.0 Å². The minimum atomic E-state index is -2.72. The lowest BCUT2D eigenvalue weighted by Gasteiger charge is -2.43. The molecule has 0 amide bonds. The molecule has 1 saturated heterocycles. The maximum atomic E-state index is 12.6. The summed E-state index contributed by atoms with van der Waals surface area (Å²) in [5.74, 6) is -0.465. The Morgan fingerprint density at radius 2 is 1.42 bits per heavy atom. The van der Waals surface area contributed by atoms with E-state index in [1.807, 2.05) is 37.3 Å². The summed E-state index contributed by atoms with van der Waals surface area (Å²) in [7, 11) is -2.72. The quantitative estimate of drug-likeness (QED) is 0.280. The molecule has 5 rings (SSSR count). The predicted octanol–water partition coefficient (Wildman–Crippen LogP) is 4.72. The van der Waals surface area contributed by atoms with E-state index in [9.17, 15) is 4.79 Å². The zero-order valence-corrected chi connectivity index (χ0v) is 23.7. The Labute approximate surface area is 227 Å². The number of hydrogen-bond acceptors (Lipinski definition) is 5. The fourth-order valence-electron chi connectivity index (χ4n) is 6.02. The molecule has 3 aromatic carbocycles. The first-order valence-electron chi connectivity index (χ1n) is 13.6. The second kappa shape index (κ2) is 11.1. The van der Waals surface area contributed by atoms with Crippen LogP contribution in [0.3, 0.4) is 0 Å². The molecule has 0 N–H and O–H groups in total. The molecule has 6 heteroatoms. The summed E-state index contributed by atoms with van der Waals surface area (Å²) in [6, 6.07) is 31.3. The van der Waals surface area contributed by atoms with Crippen LogP contribution in [0.25, 0.3) is 0 Å². The molecule has 1 saturated carbocycles. The highest BCUT2D eigenvalue weighted by atomic mass is 28.4. The third-order valence-electron chi connectivity index (χ3n) is 7.81. The van der Waals surface area contributed by atoms with Crippen molar-refractivity contribution in [2.45, 2.75) is 57.7 Å². The van der Waals surface area contributed by atoms with Crippen LogP contribution in [0.5, 0.6) is 0 Å². The topological polar surface area (TPSA) is 54.0 Å². The normalized spacial score (nSPS) is 24.6. The molecule has 2 fully saturated rings. The molecule has 1 aliphatic heterocycles. The molecular formula is C32H38O5Si. The van der Waals surface area contributed by atoms with Crippen LogP contribution in [0.2, 0.25) is 5.04 Å². The molecular weight excluding hydrogens is 492 g/mol. The van der Waals surface area contributed by atoms with E-state index in [0.29, 0.717) is 19.8 Å². The molecule has 5 atom stereocenters. The lowest BCUT2D eigenvalue weighted by Crippen LogP contribution is -2.67. The van der Waals surface area contributed by atoms with Crippen LogP contribution < -0.4 is 10.4 Å². The van der Waals surface area contributed by atoms with E-state index >= 15 is 0 Å². The van der Waals surface area contributed by atoms with E-state index in [1.54, 1.807) is 0 Å². The first-order valence-corrected chi connectivity index (χ1v) is 15.5. The second-order valence-electron chi connectivity index (χ2n) is 11.2. The highest BCUT2D eigenvalue weighted by molar-refractivity contribution is 6.99. The van der Waals surface area contributed by atoms with E-state index in [2.05, 4.69) is 81.4 Å². The van der Waals surface area contributed by atoms with Crippen LogP contribution in [0, 0.1) is 11.8 Å². The van der Waals surface area contributed by atoms with Gasteiger partial charge in [0.15, 0.2) is 0 Å². The molecule has 38 heavy (non-hydrogen) atoms. The van der Waals surface area contributed by atoms with Crippen LogP contribution in [0.4, 0.5) is 0 Å². The number of rotatable bonds is 10. The highest BCUT2D eigenvalue weighted by Gasteiger charge is 2.68. The van der Waals surface area contributed by atoms with E-state index in [4.69, 9.17) is 18.6 Å². The number of esters is 1. The number of ether oxygens (including phenoxy) is 3. The van der Waals surface area contributed by atoms with Gasteiger partial charge < -0.3 is 18.6 Å². The largest absolute Gasteiger partial charge is 0.466 e. The van der Waals surface area contributed by atoms with Crippen molar-refractivity contribution in [2.75, 3.05) is 13.2 Å². The van der Waals surface area contributed by atoms with Crippen molar-refractivity contribution < 1.29 is 23.4 Å². The zero-order valence-electron chi connectivity index (χ0n) is 22.7. The number of carbonyl (C=O) groups excluding carboxylic acids is 1. The van der Waals surface area contributed by atoms with Crippen molar-refractivity contribution in [1.82, 2.24) is 0 Å². The fraction of sp³-hybridized carbons (Fsp3) is 0.406. The molecule has 3 aromatic rings. The van der Waals surface area contributed by atoms with Gasteiger partial charge >= 0.3 is 5.97 Å². The maximum absolute atomic E-state index is 12.6. The Balaban J connectivity index is 1.42. The Morgan fingerprint density at radius 3 is 1.95 bits per heavy atom. The predicted molar refractivity (Wildman–Crippen MR) is 151 cm³/mol. The first kappa shape index (κ1) is 26.8. The molecule has 200 valence electrons. The first-order chi connectivity index (χ1) is 18.4. The molecule has 0 bridgehead atoms. The molecule has 1 aliphatic carbocycles. The minimum absolute atomic E-state index is 0.00878. The van der Waals surface area contributed by atoms with Crippen molar-refractivity contribution in [3.8, 4) is 0 Å². The van der Waals surface area contributed by atoms with Crippen LogP contribution >= 0.6 is 0 Å². The average molecular weight is 531 g/mol. The van der Waals surface area contributed by atoms with E-state index < -0.39 is 8.32 Å². The Bertz CT molecular complexity index is 1160. The number of carbonyl (C=O) groups is 1. The Morgan fingerprint density at radius 1 is 0.868 bits per heavy atom. The van der Waals surface area contributed by atoms with Gasteiger partial charge in [0.25, 0.3) is 8.32 Å². The summed E-state index contributed by atoms with van der Waals surface area (Å²) in [4.78, 5) is 12.6. The lowest BCUT2D eigenvalue weighted by molar-refractivity contribution is -0.150. The van der Waals surface area contributed by atoms with Crippen molar-refractivity contribution in [3.63, 3.8) is 0 Å². The van der Waals surface area contributed by atoms with Gasteiger partial charge in [-0.1, -0.05) is 112 Å². The monoisotopic (exact) mass is 530 g/mol. The lowest BCUT2D eigenvalue weighted by atomic mass is 10.1. The van der Waals surface area contributed by atoms with E-state index in [0.717, 1.165) is 5.56 Å². The van der Waals surface area contributed by atoms with Crippen molar-refractivity contribution >= 4 is 24.7 Å². The van der Waals surface area contributed by atoms with Gasteiger partial charge in [0.1, 0.15) is 6.10 Å². The molecule has 1 heterocycles. The standard InChI is InChI=1S/C32H38O5Si/c1-5-34-31(33)28-27-29(35-21-23-15-9-6-10-16-23)26(37-30(27)28)22-36-38(32(2,3)4,24-17-11-7-12-18-24)25-19-13-8-14-20-25/h6-20,26-30H,5,21-22H2,1-4H3/t26-,27-,28?,29+,30+/m1/s1. The minimum Gasteiger partial charge on any atom is -0.466 e. The molecule has 1 unspecified atom stereocenters. The SMILES string of the molecule is CCOC(=O)C1[C@@H]2[C@@H](OCc3ccccc3)[C@@H](CO[Si](c3ccccc3)(c3ccccc3)C(C)(C)C)O[C@H]12. The van der Waals surface area contributed by atoms with Crippen molar-refractivity contribution in [2.24, 2.45) is 11.8 Å². The van der Waals surface area contributed by atoms with E-state index in [-0.39, 0.29) is 41.2 Å². The second-order valence-corrected chi connectivity index (χ2v) is 15.5. The summed E-state index contributed by atoms with van der Waals surface area (Å²) in [6.45, 7) is 9.87. The average Bonchev–Trinajstić information content (AvgIpc) is 3.52. The van der Waals surface area contributed by atoms with Gasteiger partial charge in [-0.05, 0) is 27.9 Å². The number of fused-ring (bicyclic) bond motifs is 1. The summed E-state index contributed by atoms with van der Waals surface area (Å²) in [5, 5.41) is 2.33. The molecule has 0 spiro atoms. The van der Waals surface area contributed by atoms with Gasteiger partial charge in [-0.2, -0.15) is 0 Å². The fourth-order valence-corrected chi connectivity index (χ4v) is 10.6. The molecule has 5 nitrogen and oxygen atoms in total. The van der Waals surface area contributed by atoms with Crippen molar-refractivity contribution in [3.05, 3.63) is 96.6 Å². The molecule has 0 aromatic heterocycles. The van der Waals surface area contributed by atoms with Gasteiger partial charge in [-0.15, -0.1) is 0 Å². The summed E-state index contributed by atoms with van der Waals surface area (Å²) in [6.07, 6.45) is -0.684. The Kier molecular flexibility index (Phi) is 7.87. The molecule has 2 aliphatic rings. The Hall–Kier alpha value is -2.77. The van der Waals surface area contributed by atoms with Crippen molar-refractivity contribution in [1.29, 1.82) is 0 Å². The van der Waals surface area contributed by atoms with Gasteiger partial charge in [-0.3, -0.25) is 4.79 Å². The van der Waals surface area contributed by atoms with Gasteiger partial charge in [-0.25, -0.2) is 0 Å². The zero-order chi connectivity index (χ0) is 26.8. The van der Waals surface area contributed by atoms with Gasteiger partial charge in [0, 0.05) is 5.92 Å². The summed E-state index contributed by atoms with van der Waals surface area (Å²) < 4.78 is 25.4. The van der Waals surface area contributed by atoms with Gasteiger partial charge in [0.2, 0.25) is 0 Å². The maximum Gasteiger partial charge on any atom is 0.312 e. The van der Waals surface area contributed by atoms with Crippen LogP contribution in [-0.4, -0.2) is 45.8 Å². The van der Waals surface area contributed by atoms with E-state index in [1.165, 1.54) is 10.4 Å². The third kappa shape index (κ3) is 5.10. The summed E-state index contributed by atoms with van der Waals surface area (Å²) in [5.41, 5.74) is 1.09. The summed E-state index contributed by atoms with van der Waals surface area (Å²) >= 11 is 0. The smallest absolute Gasteiger partial charge is 0.312 e. The number of benzene rings is 3. The number of hydrogen-bond donors (Lipinski definition) is 0. The van der Waals surface area contributed by atoms with Crippen LogP contribution in [0.1, 0.15) is 33.3 Å². The highest BCUT2D eigenvalue weighted by Crippen LogP contribution is 2.54. The molecule has 0 radical (unpaired) electrons. The van der Waals surface area contributed by atoms with Gasteiger partial charge in [0.05, 0.1) is 37.9 Å². The third-order valence-corrected chi connectivity index (χ3v) is 12.8.